The molecule has 4 nitrogen and oxygen atoms in total. The molecule has 0 N–H and O–H groups in total. The first-order valence-corrected chi connectivity index (χ1v) is 11.5. The fourth-order valence-electron chi connectivity index (χ4n) is 4.19. The standard InChI is InChI=1S/C23H19FN2O2S2/c1-15-4-9-19-18(13-15)23(22(28)25(19)14-16-5-7-17(24)8-6-16)26(10-12-30-23)21(27)20-3-2-11-29-20/h2-9,11,13H,10,12,14H2,1H3. The van der Waals surface area contributed by atoms with Gasteiger partial charge in [0.2, 0.25) is 0 Å². The Labute approximate surface area is 182 Å². The van der Waals surface area contributed by atoms with Crippen LogP contribution >= 0.6 is 23.1 Å². The van der Waals surface area contributed by atoms with Gasteiger partial charge in [0.15, 0.2) is 4.87 Å². The van der Waals surface area contributed by atoms with Crippen molar-refractivity contribution in [3.63, 3.8) is 0 Å². The number of anilines is 1. The quantitative estimate of drug-likeness (QED) is 0.591. The number of benzene rings is 2. The van der Waals surface area contributed by atoms with Gasteiger partial charge in [-0.2, -0.15) is 0 Å². The lowest BCUT2D eigenvalue weighted by Gasteiger charge is -2.33. The molecule has 3 heterocycles. The zero-order valence-corrected chi connectivity index (χ0v) is 17.9. The number of thiophene rings is 1. The monoisotopic (exact) mass is 438 g/mol. The normalized spacial score (nSPS) is 20.3. The third kappa shape index (κ3) is 2.87. The minimum atomic E-state index is -1.05. The first kappa shape index (κ1) is 19.3. The minimum Gasteiger partial charge on any atom is -0.310 e. The Morgan fingerprint density at radius 2 is 1.97 bits per heavy atom. The molecule has 152 valence electrons. The maximum absolute atomic E-state index is 13.9. The lowest BCUT2D eigenvalue weighted by molar-refractivity contribution is -0.123. The second-order valence-corrected chi connectivity index (χ2v) is 9.70. The van der Waals surface area contributed by atoms with Crippen LogP contribution in [0.15, 0.2) is 60.0 Å². The van der Waals surface area contributed by atoms with Gasteiger partial charge in [-0.15, -0.1) is 23.1 Å². The molecule has 0 aliphatic carbocycles. The van der Waals surface area contributed by atoms with E-state index in [0.717, 1.165) is 22.4 Å². The number of fused-ring (bicyclic) bond motifs is 2. The van der Waals surface area contributed by atoms with Gasteiger partial charge in [-0.05, 0) is 42.1 Å². The van der Waals surface area contributed by atoms with E-state index in [0.29, 0.717) is 23.7 Å². The largest absolute Gasteiger partial charge is 0.310 e. The molecule has 1 aromatic heterocycles. The molecule has 1 unspecified atom stereocenters. The minimum absolute atomic E-state index is 0.111. The van der Waals surface area contributed by atoms with Crippen LogP contribution in [0.5, 0.6) is 0 Å². The number of rotatable bonds is 3. The van der Waals surface area contributed by atoms with Crippen molar-refractivity contribution in [3.05, 3.63) is 87.4 Å². The highest BCUT2D eigenvalue weighted by molar-refractivity contribution is 8.01. The van der Waals surface area contributed by atoms with Crippen molar-refractivity contribution in [1.82, 2.24) is 4.90 Å². The summed E-state index contributed by atoms with van der Waals surface area (Å²) in [6.07, 6.45) is 0. The molecule has 0 bridgehead atoms. The second-order valence-electron chi connectivity index (χ2n) is 7.46. The van der Waals surface area contributed by atoms with Crippen LogP contribution < -0.4 is 4.90 Å². The van der Waals surface area contributed by atoms with Gasteiger partial charge in [-0.25, -0.2) is 4.39 Å². The number of nitrogens with zero attached hydrogens (tertiary/aromatic N) is 2. The summed E-state index contributed by atoms with van der Waals surface area (Å²) in [5.41, 5.74) is 3.56. The molecule has 0 saturated carbocycles. The first-order valence-electron chi connectivity index (χ1n) is 9.68. The highest BCUT2D eigenvalue weighted by Gasteiger charge is 2.59. The van der Waals surface area contributed by atoms with Crippen molar-refractivity contribution in [1.29, 1.82) is 0 Å². The van der Waals surface area contributed by atoms with Gasteiger partial charge in [0, 0.05) is 17.9 Å². The van der Waals surface area contributed by atoms with Crippen molar-refractivity contribution < 1.29 is 14.0 Å². The van der Waals surface area contributed by atoms with Crippen LogP contribution in [0.3, 0.4) is 0 Å². The molecule has 5 rings (SSSR count). The fourth-order valence-corrected chi connectivity index (χ4v) is 6.32. The SMILES string of the molecule is Cc1ccc2c(c1)C1(SCCN1C(=O)c1cccs1)C(=O)N2Cc1ccc(F)cc1. The number of amides is 2. The average molecular weight is 439 g/mol. The lowest BCUT2D eigenvalue weighted by Crippen LogP contribution is -2.50. The molecule has 1 saturated heterocycles. The number of hydrogen-bond donors (Lipinski definition) is 0. The summed E-state index contributed by atoms with van der Waals surface area (Å²) in [4.78, 5) is 30.3. The van der Waals surface area contributed by atoms with Crippen LogP contribution in [0.1, 0.15) is 26.4 Å². The molecule has 2 amide bonds. The number of carbonyl (C=O) groups is 2. The molecule has 2 aliphatic rings. The molecule has 1 spiro atoms. The summed E-state index contributed by atoms with van der Waals surface area (Å²) in [5, 5.41) is 1.87. The Bertz CT molecular complexity index is 1130. The Balaban J connectivity index is 1.60. The molecule has 30 heavy (non-hydrogen) atoms. The summed E-state index contributed by atoms with van der Waals surface area (Å²) in [6.45, 7) is 2.84. The smallest absolute Gasteiger partial charge is 0.268 e. The van der Waals surface area contributed by atoms with Crippen molar-refractivity contribution in [2.75, 3.05) is 17.2 Å². The van der Waals surface area contributed by atoms with E-state index in [1.165, 1.54) is 35.2 Å². The molecule has 1 atom stereocenters. The van der Waals surface area contributed by atoms with Crippen LogP contribution in [0.4, 0.5) is 10.1 Å². The summed E-state index contributed by atoms with van der Waals surface area (Å²) in [6, 6.07) is 15.8. The second kappa shape index (κ2) is 7.25. The van der Waals surface area contributed by atoms with Gasteiger partial charge in [-0.3, -0.25) is 9.59 Å². The molecular weight excluding hydrogens is 419 g/mol. The van der Waals surface area contributed by atoms with E-state index in [2.05, 4.69) is 0 Å². The van der Waals surface area contributed by atoms with E-state index in [1.54, 1.807) is 28.0 Å². The van der Waals surface area contributed by atoms with Crippen molar-refractivity contribution in [2.45, 2.75) is 18.3 Å². The summed E-state index contributed by atoms with van der Waals surface area (Å²) >= 11 is 2.91. The zero-order valence-electron chi connectivity index (χ0n) is 16.3. The zero-order chi connectivity index (χ0) is 20.9. The Morgan fingerprint density at radius 3 is 2.70 bits per heavy atom. The molecular formula is C23H19FN2O2S2. The van der Waals surface area contributed by atoms with Crippen LogP contribution in [-0.2, 0) is 16.2 Å². The Kier molecular flexibility index (Phi) is 4.67. The lowest BCUT2D eigenvalue weighted by atomic mass is 10.0. The maximum atomic E-state index is 13.9. The molecule has 2 aliphatic heterocycles. The van der Waals surface area contributed by atoms with Gasteiger partial charge in [0.05, 0.1) is 17.1 Å². The number of thioether (sulfide) groups is 1. The summed E-state index contributed by atoms with van der Waals surface area (Å²) in [7, 11) is 0. The maximum Gasteiger partial charge on any atom is 0.268 e. The van der Waals surface area contributed by atoms with E-state index in [-0.39, 0.29) is 17.6 Å². The van der Waals surface area contributed by atoms with Crippen molar-refractivity contribution in [3.8, 4) is 0 Å². The van der Waals surface area contributed by atoms with Gasteiger partial charge in [0.25, 0.3) is 11.8 Å². The van der Waals surface area contributed by atoms with Crippen LogP contribution in [0.2, 0.25) is 0 Å². The van der Waals surface area contributed by atoms with E-state index in [9.17, 15) is 14.0 Å². The number of aryl methyl sites for hydroxylation is 1. The van der Waals surface area contributed by atoms with Crippen molar-refractivity contribution in [2.24, 2.45) is 0 Å². The van der Waals surface area contributed by atoms with Crippen LogP contribution in [0, 0.1) is 12.7 Å². The molecule has 2 aromatic carbocycles. The number of halogens is 1. The third-order valence-electron chi connectivity index (χ3n) is 5.58. The predicted octanol–water partition coefficient (Wildman–Crippen LogP) is 4.78. The van der Waals surface area contributed by atoms with Gasteiger partial charge in [-0.1, -0.05) is 35.9 Å². The van der Waals surface area contributed by atoms with Crippen LogP contribution in [0.25, 0.3) is 0 Å². The topological polar surface area (TPSA) is 40.6 Å². The predicted molar refractivity (Wildman–Crippen MR) is 118 cm³/mol. The van der Waals surface area contributed by atoms with Gasteiger partial charge >= 0.3 is 0 Å². The Morgan fingerprint density at radius 1 is 1.17 bits per heavy atom. The van der Waals surface area contributed by atoms with E-state index in [1.807, 2.05) is 36.6 Å². The van der Waals surface area contributed by atoms with E-state index >= 15 is 0 Å². The molecule has 7 heteroatoms. The summed E-state index contributed by atoms with van der Waals surface area (Å²) < 4.78 is 13.3. The van der Waals surface area contributed by atoms with Gasteiger partial charge in [0.1, 0.15) is 5.82 Å². The number of hydrogen-bond acceptors (Lipinski definition) is 4. The first-order chi connectivity index (χ1) is 14.5. The van der Waals surface area contributed by atoms with Crippen LogP contribution in [-0.4, -0.2) is 29.0 Å². The van der Waals surface area contributed by atoms with Crippen molar-refractivity contribution >= 4 is 40.6 Å². The highest BCUT2D eigenvalue weighted by Crippen LogP contribution is 2.55. The fraction of sp³-hybridized carbons (Fsp3) is 0.217. The molecule has 1 fully saturated rings. The molecule has 3 aromatic rings. The Hall–Kier alpha value is -2.64. The third-order valence-corrected chi connectivity index (χ3v) is 7.86. The van der Waals surface area contributed by atoms with E-state index < -0.39 is 4.87 Å². The highest BCUT2D eigenvalue weighted by atomic mass is 32.2. The number of carbonyl (C=O) groups excluding carboxylic acids is 2. The van der Waals surface area contributed by atoms with E-state index in [4.69, 9.17) is 0 Å². The average Bonchev–Trinajstić information content (AvgIpc) is 3.47. The van der Waals surface area contributed by atoms with Gasteiger partial charge < -0.3 is 9.80 Å². The molecule has 0 radical (unpaired) electrons. The summed E-state index contributed by atoms with van der Waals surface area (Å²) in [5.74, 6) is 0.165.